The predicted molar refractivity (Wildman–Crippen MR) is 98.8 cm³/mol. The molecule has 5 nitrogen and oxygen atoms in total. The lowest BCUT2D eigenvalue weighted by molar-refractivity contribution is -0.0500. The van der Waals surface area contributed by atoms with Crippen LogP contribution in [-0.2, 0) is 14.9 Å². The summed E-state index contributed by atoms with van der Waals surface area (Å²) < 4.78 is 69.2. The van der Waals surface area contributed by atoms with Gasteiger partial charge in [0.05, 0.1) is 17.7 Å². The van der Waals surface area contributed by atoms with Gasteiger partial charge in [-0.25, -0.2) is 4.79 Å². The Morgan fingerprint density at radius 3 is 2.21 bits per heavy atom. The zero-order valence-corrected chi connectivity index (χ0v) is 16.3. The molecule has 0 N–H and O–H groups in total. The average molecular weight is 455 g/mol. The van der Waals surface area contributed by atoms with Crippen LogP contribution in [-0.4, -0.2) is 27.0 Å². The van der Waals surface area contributed by atoms with Gasteiger partial charge in [-0.05, 0) is 29.8 Å². The van der Waals surface area contributed by atoms with E-state index in [0.29, 0.717) is 11.1 Å². The summed E-state index contributed by atoms with van der Waals surface area (Å²) in [5, 5.41) is -0.358. The summed E-state index contributed by atoms with van der Waals surface area (Å²) >= 11 is 11.7. The third-order valence-corrected chi connectivity index (χ3v) is 4.75. The smallest absolute Gasteiger partial charge is 0.465 e. The number of hydrogen-bond donors (Lipinski definition) is 0. The molecule has 2 rings (SSSR count). The highest BCUT2D eigenvalue weighted by Gasteiger charge is 2.49. The first-order chi connectivity index (χ1) is 12.9. The van der Waals surface area contributed by atoms with Crippen LogP contribution in [0.4, 0.5) is 13.2 Å². The second kappa shape index (κ2) is 8.42. The monoisotopic (exact) mass is 454 g/mol. The van der Waals surface area contributed by atoms with Crippen LogP contribution in [0.5, 0.6) is 5.75 Å². The Morgan fingerprint density at radius 2 is 1.68 bits per heavy atom. The van der Waals surface area contributed by atoms with Crippen molar-refractivity contribution in [3.8, 4) is 5.75 Å². The van der Waals surface area contributed by atoms with Crippen molar-refractivity contribution < 1.29 is 35.3 Å². The summed E-state index contributed by atoms with van der Waals surface area (Å²) in [7, 11) is -4.69. The average Bonchev–Trinajstić information content (AvgIpc) is 2.61. The van der Waals surface area contributed by atoms with Crippen LogP contribution in [0.15, 0.2) is 36.4 Å². The number of methoxy groups -OCH3 is 1. The third kappa shape index (κ3) is 5.18. The summed E-state index contributed by atoms with van der Waals surface area (Å²) in [6, 6.07) is 8.27. The zero-order valence-electron chi connectivity index (χ0n) is 14.0. The van der Waals surface area contributed by atoms with Crippen molar-refractivity contribution in [3.63, 3.8) is 0 Å². The Kier molecular flexibility index (Phi) is 6.63. The van der Waals surface area contributed by atoms with Gasteiger partial charge < -0.3 is 8.92 Å². The van der Waals surface area contributed by atoms with E-state index >= 15 is 0 Å². The molecule has 0 aromatic heterocycles. The van der Waals surface area contributed by atoms with E-state index < -0.39 is 32.4 Å². The Morgan fingerprint density at radius 1 is 1.07 bits per heavy atom. The minimum Gasteiger partial charge on any atom is -0.465 e. The fourth-order valence-corrected chi connectivity index (χ4v) is 3.08. The maximum atomic E-state index is 12.6. The molecular weight excluding hydrogens is 444 g/mol. The van der Waals surface area contributed by atoms with Crippen LogP contribution in [0.3, 0.4) is 0 Å². The molecule has 0 aliphatic heterocycles. The van der Waals surface area contributed by atoms with Crippen molar-refractivity contribution >= 4 is 51.4 Å². The summed E-state index contributed by atoms with van der Waals surface area (Å²) in [5.74, 6) is -1.25. The van der Waals surface area contributed by atoms with Gasteiger partial charge in [-0.15, -0.1) is 0 Å². The van der Waals surface area contributed by atoms with Gasteiger partial charge >= 0.3 is 21.6 Å². The Labute approximate surface area is 168 Å². The highest BCUT2D eigenvalue weighted by Crippen LogP contribution is 2.37. The first-order valence-corrected chi connectivity index (χ1v) is 9.47. The van der Waals surface area contributed by atoms with E-state index in [2.05, 4.69) is 8.92 Å². The van der Waals surface area contributed by atoms with E-state index in [9.17, 15) is 26.4 Å². The maximum Gasteiger partial charge on any atom is 0.534 e. The number of ether oxygens (including phenoxy) is 1. The van der Waals surface area contributed by atoms with Gasteiger partial charge in [0.25, 0.3) is 0 Å². The SMILES string of the molecule is COC(=O)c1ccc(/C=C/c2cc(Cl)cc(Cl)c2OS(=O)(=O)C(F)(F)F)cc1. The molecule has 0 amide bonds. The highest BCUT2D eigenvalue weighted by molar-refractivity contribution is 7.88. The van der Waals surface area contributed by atoms with E-state index in [0.717, 1.165) is 6.07 Å². The molecule has 0 aliphatic carbocycles. The van der Waals surface area contributed by atoms with Crippen LogP contribution in [0.25, 0.3) is 12.2 Å². The van der Waals surface area contributed by atoms with E-state index in [4.69, 9.17) is 23.2 Å². The largest absolute Gasteiger partial charge is 0.534 e. The van der Waals surface area contributed by atoms with Gasteiger partial charge in [-0.2, -0.15) is 21.6 Å². The Balaban J connectivity index is 2.40. The van der Waals surface area contributed by atoms with E-state index in [-0.39, 0.29) is 10.6 Å². The third-order valence-electron chi connectivity index (χ3n) is 3.30. The van der Waals surface area contributed by atoms with Crippen LogP contribution in [0.2, 0.25) is 10.0 Å². The van der Waals surface area contributed by atoms with Gasteiger partial charge in [0.2, 0.25) is 0 Å². The Bertz CT molecular complexity index is 1020. The number of benzene rings is 2. The summed E-state index contributed by atoms with van der Waals surface area (Å²) in [4.78, 5) is 11.4. The summed E-state index contributed by atoms with van der Waals surface area (Å²) in [5.41, 5.74) is -4.87. The standard InChI is InChI=1S/C17H11Cl2F3O5S/c1-26-16(23)11-5-2-10(3-6-11)4-7-12-8-13(18)9-14(19)15(12)27-28(24,25)17(20,21)22/h2-9H,1H3/b7-4+. The molecule has 0 fully saturated rings. The fourth-order valence-electron chi connectivity index (χ4n) is 1.98. The molecule has 0 aliphatic rings. The number of hydrogen-bond acceptors (Lipinski definition) is 5. The van der Waals surface area contributed by atoms with Crippen molar-refractivity contribution in [1.82, 2.24) is 0 Å². The molecule has 150 valence electrons. The van der Waals surface area contributed by atoms with E-state index in [1.165, 1.54) is 37.5 Å². The molecule has 0 atom stereocenters. The van der Waals surface area contributed by atoms with E-state index in [1.807, 2.05) is 0 Å². The Hall–Kier alpha value is -2.23. The first kappa shape index (κ1) is 22.1. The lowest BCUT2D eigenvalue weighted by atomic mass is 10.1. The van der Waals surface area contributed by atoms with Gasteiger partial charge in [0.15, 0.2) is 5.75 Å². The first-order valence-electron chi connectivity index (χ1n) is 7.31. The summed E-state index contributed by atoms with van der Waals surface area (Å²) in [6.07, 6.45) is 2.71. The van der Waals surface area contributed by atoms with Gasteiger partial charge in [0, 0.05) is 10.6 Å². The van der Waals surface area contributed by atoms with Crippen molar-refractivity contribution in [2.24, 2.45) is 0 Å². The molecular formula is C17H11Cl2F3O5S. The molecule has 0 saturated heterocycles. The molecule has 0 saturated carbocycles. The molecule has 0 radical (unpaired) electrons. The normalized spacial score (nSPS) is 12.2. The van der Waals surface area contributed by atoms with Gasteiger partial charge in [0.1, 0.15) is 0 Å². The molecule has 28 heavy (non-hydrogen) atoms. The number of alkyl halides is 3. The fraction of sp³-hybridized carbons (Fsp3) is 0.118. The van der Waals surface area contributed by atoms with Gasteiger partial charge in [-0.3, -0.25) is 0 Å². The number of carbonyl (C=O) groups excluding carboxylic acids is 1. The van der Waals surface area contributed by atoms with Gasteiger partial charge in [-0.1, -0.05) is 47.5 Å². The van der Waals surface area contributed by atoms with Crippen LogP contribution >= 0.6 is 23.2 Å². The van der Waals surface area contributed by atoms with Crippen LogP contribution in [0, 0.1) is 0 Å². The lowest BCUT2D eigenvalue weighted by Gasteiger charge is -2.13. The molecule has 2 aromatic rings. The topological polar surface area (TPSA) is 69.7 Å². The molecule has 0 spiro atoms. The lowest BCUT2D eigenvalue weighted by Crippen LogP contribution is -2.28. The van der Waals surface area contributed by atoms with Crippen molar-refractivity contribution in [1.29, 1.82) is 0 Å². The van der Waals surface area contributed by atoms with Crippen molar-refractivity contribution in [3.05, 3.63) is 63.1 Å². The predicted octanol–water partition coefficient (Wildman–Crippen LogP) is 5.18. The molecule has 0 bridgehead atoms. The minimum absolute atomic E-state index is 0.0578. The molecule has 0 unspecified atom stereocenters. The molecule has 0 heterocycles. The van der Waals surface area contributed by atoms with Crippen molar-refractivity contribution in [2.75, 3.05) is 7.11 Å². The van der Waals surface area contributed by atoms with Crippen molar-refractivity contribution in [2.45, 2.75) is 5.51 Å². The van der Waals surface area contributed by atoms with Crippen LogP contribution in [0.1, 0.15) is 21.5 Å². The van der Waals surface area contributed by atoms with E-state index in [1.54, 1.807) is 12.1 Å². The highest BCUT2D eigenvalue weighted by atomic mass is 35.5. The van der Waals surface area contributed by atoms with Crippen LogP contribution < -0.4 is 4.18 Å². The number of halogens is 5. The second-order valence-corrected chi connectivity index (χ2v) is 7.62. The minimum atomic E-state index is -5.92. The summed E-state index contributed by atoms with van der Waals surface area (Å²) in [6.45, 7) is 0. The maximum absolute atomic E-state index is 12.6. The zero-order chi connectivity index (χ0) is 21.1. The second-order valence-electron chi connectivity index (χ2n) is 5.24. The number of rotatable bonds is 5. The number of esters is 1. The molecule has 11 heteroatoms. The molecule has 2 aromatic carbocycles. The number of carbonyl (C=O) groups is 1. The quantitative estimate of drug-likeness (QED) is 0.269.